The maximum absolute atomic E-state index is 13.0. The van der Waals surface area contributed by atoms with Gasteiger partial charge >= 0.3 is 0 Å². The first-order chi connectivity index (χ1) is 15.8. The Labute approximate surface area is 198 Å². The van der Waals surface area contributed by atoms with Crippen LogP contribution in [-0.2, 0) is 14.8 Å². The summed E-state index contributed by atoms with van der Waals surface area (Å²) >= 11 is 6.33. The number of amides is 1. The zero-order valence-electron chi connectivity index (χ0n) is 18.5. The molecular formula is C23H26ClN5O3S. The molecule has 1 amide bonds. The van der Waals surface area contributed by atoms with Crippen LogP contribution in [0, 0.1) is 5.92 Å². The summed E-state index contributed by atoms with van der Waals surface area (Å²) < 4.78 is 29.0. The normalized spacial score (nSPS) is 15.6. The van der Waals surface area contributed by atoms with E-state index in [0.29, 0.717) is 35.2 Å². The Morgan fingerprint density at radius 1 is 1.12 bits per heavy atom. The lowest BCUT2D eigenvalue weighted by atomic mass is 9.97. The highest BCUT2D eigenvalue weighted by atomic mass is 35.5. The minimum atomic E-state index is -3.59. The van der Waals surface area contributed by atoms with Crippen molar-refractivity contribution in [1.82, 2.24) is 19.1 Å². The summed E-state index contributed by atoms with van der Waals surface area (Å²) in [6.07, 6.45) is 3.78. The van der Waals surface area contributed by atoms with E-state index >= 15 is 0 Å². The second kappa shape index (κ2) is 9.62. The molecule has 4 rings (SSSR count). The molecule has 1 aliphatic rings. The van der Waals surface area contributed by atoms with Crippen molar-refractivity contribution in [3.8, 4) is 5.69 Å². The monoisotopic (exact) mass is 487 g/mol. The fourth-order valence-electron chi connectivity index (χ4n) is 3.94. The number of benzene rings is 2. The van der Waals surface area contributed by atoms with Crippen LogP contribution >= 0.6 is 11.6 Å². The Morgan fingerprint density at radius 2 is 1.82 bits per heavy atom. The summed E-state index contributed by atoms with van der Waals surface area (Å²) in [5.41, 5.74) is 2.16. The predicted molar refractivity (Wildman–Crippen MR) is 127 cm³/mol. The van der Waals surface area contributed by atoms with Crippen molar-refractivity contribution in [2.75, 3.05) is 18.4 Å². The van der Waals surface area contributed by atoms with Gasteiger partial charge in [0.25, 0.3) is 0 Å². The number of nitrogens with zero attached hydrogens (tertiary/aromatic N) is 4. The van der Waals surface area contributed by atoms with E-state index in [1.807, 2.05) is 12.1 Å². The van der Waals surface area contributed by atoms with Crippen molar-refractivity contribution in [2.45, 2.75) is 37.5 Å². The molecule has 0 spiro atoms. The molecule has 0 radical (unpaired) electrons. The fourth-order valence-corrected chi connectivity index (χ4v) is 5.67. The molecule has 10 heteroatoms. The summed E-state index contributed by atoms with van der Waals surface area (Å²) in [4.78, 5) is 17.2. The fraction of sp³-hybridized carbons (Fsp3) is 0.348. The quantitative estimate of drug-likeness (QED) is 0.565. The van der Waals surface area contributed by atoms with Gasteiger partial charge in [-0.15, -0.1) is 0 Å². The third-order valence-corrected chi connectivity index (χ3v) is 8.12. The highest BCUT2D eigenvalue weighted by molar-refractivity contribution is 7.89. The van der Waals surface area contributed by atoms with E-state index in [4.69, 9.17) is 11.6 Å². The lowest BCUT2D eigenvalue weighted by molar-refractivity contribution is -0.120. The van der Waals surface area contributed by atoms with Crippen molar-refractivity contribution >= 4 is 33.2 Å². The van der Waals surface area contributed by atoms with Gasteiger partial charge in [-0.3, -0.25) is 4.79 Å². The van der Waals surface area contributed by atoms with E-state index in [0.717, 1.165) is 5.56 Å². The van der Waals surface area contributed by atoms with E-state index in [2.05, 4.69) is 29.2 Å². The van der Waals surface area contributed by atoms with Crippen LogP contribution in [0.5, 0.6) is 0 Å². The van der Waals surface area contributed by atoms with Gasteiger partial charge in [0, 0.05) is 19.0 Å². The minimum Gasteiger partial charge on any atom is -0.324 e. The summed E-state index contributed by atoms with van der Waals surface area (Å²) in [5.74, 6) is -0.139. The zero-order chi connectivity index (χ0) is 23.6. The molecule has 0 bridgehead atoms. The second-order valence-corrected chi connectivity index (χ2v) is 10.7. The molecular weight excluding hydrogens is 462 g/mol. The molecule has 8 nitrogen and oxygen atoms in total. The number of sulfonamides is 1. The Hall–Kier alpha value is -2.75. The second-order valence-electron chi connectivity index (χ2n) is 8.37. The largest absolute Gasteiger partial charge is 0.324 e. The van der Waals surface area contributed by atoms with Crippen LogP contribution in [0.3, 0.4) is 0 Å². The van der Waals surface area contributed by atoms with Crippen LogP contribution < -0.4 is 5.32 Å². The van der Waals surface area contributed by atoms with E-state index in [9.17, 15) is 13.2 Å². The number of halogens is 1. The van der Waals surface area contributed by atoms with Crippen LogP contribution in [-0.4, -0.2) is 46.5 Å². The third-order valence-electron chi connectivity index (χ3n) is 5.90. The molecule has 33 heavy (non-hydrogen) atoms. The lowest BCUT2D eigenvalue weighted by Crippen LogP contribution is -2.41. The molecule has 2 heterocycles. The first-order valence-electron chi connectivity index (χ1n) is 10.8. The summed E-state index contributed by atoms with van der Waals surface area (Å²) in [6.45, 7) is 4.71. The summed E-state index contributed by atoms with van der Waals surface area (Å²) in [6, 6.07) is 12.2. The van der Waals surface area contributed by atoms with Gasteiger partial charge in [0.15, 0.2) is 0 Å². The summed E-state index contributed by atoms with van der Waals surface area (Å²) in [7, 11) is -3.59. The Balaban J connectivity index is 1.42. The maximum Gasteiger partial charge on any atom is 0.243 e. The van der Waals surface area contributed by atoms with Crippen LogP contribution in [0.1, 0.15) is 38.2 Å². The molecule has 3 aromatic rings. The average molecular weight is 488 g/mol. The molecule has 1 N–H and O–H groups in total. The van der Waals surface area contributed by atoms with E-state index in [1.54, 1.807) is 30.3 Å². The van der Waals surface area contributed by atoms with Gasteiger partial charge in [-0.05, 0) is 48.6 Å². The SMILES string of the molecule is CC(C)c1ccc(S(=O)(=O)N2CCC(C(=O)Nc3cccc(Cl)c3-n3cncn3)CC2)cc1. The van der Waals surface area contributed by atoms with Gasteiger partial charge < -0.3 is 5.32 Å². The molecule has 1 aromatic heterocycles. The number of hydrogen-bond donors (Lipinski definition) is 1. The lowest BCUT2D eigenvalue weighted by Gasteiger charge is -2.30. The third kappa shape index (κ3) is 4.95. The molecule has 1 fully saturated rings. The average Bonchev–Trinajstić information content (AvgIpc) is 3.33. The van der Waals surface area contributed by atoms with E-state index in [1.165, 1.54) is 21.6 Å². The number of nitrogens with one attached hydrogen (secondary N) is 1. The highest BCUT2D eigenvalue weighted by Crippen LogP contribution is 2.30. The first kappa shape index (κ1) is 23.4. The zero-order valence-corrected chi connectivity index (χ0v) is 20.1. The maximum atomic E-state index is 13.0. The number of piperidine rings is 1. The molecule has 0 atom stereocenters. The highest BCUT2D eigenvalue weighted by Gasteiger charge is 2.32. The van der Waals surface area contributed by atoms with Gasteiger partial charge in [-0.1, -0.05) is 43.6 Å². The molecule has 1 aliphatic heterocycles. The molecule has 0 aliphatic carbocycles. The number of aromatic nitrogens is 3. The molecule has 0 unspecified atom stereocenters. The van der Waals surface area contributed by atoms with Crippen LogP contribution in [0.25, 0.3) is 5.69 Å². The van der Waals surface area contributed by atoms with Gasteiger partial charge in [0.2, 0.25) is 15.9 Å². The topological polar surface area (TPSA) is 97.2 Å². The van der Waals surface area contributed by atoms with Gasteiger partial charge in [0.1, 0.15) is 18.3 Å². The van der Waals surface area contributed by atoms with Crippen molar-refractivity contribution in [3.05, 3.63) is 65.7 Å². The van der Waals surface area contributed by atoms with Crippen molar-refractivity contribution < 1.29 is 13.2 Å². The number of hydrogen-bond acceptors (Lipinski definition) is 5. The van der Waals surface area contributed by atoms with Gasteiger partial charge in [-0.25, -0.2) is 18.1 Å². The molecule has 2 aromatic carbocycles. The molecule has 174 valence electrons. The van der Waals surface area contributed by atoms with Crippen LogP contribution in [0.15, 0.2) is 60.0 Å². The molecule has 1 saturated heterocycles. The number of carbonyl (C=O) groups excluding carboxylic acids is 1. The number of rotatable bonds is 6. The van der Waals surface area contributed by atoms with Crippen LogP contribution in [0.2, 0.25) is 5.02 Å². The Bertz CT molecular complexity index is 1220. The molecule has 0 saturated carbocycles. The Kier molecular flexibility index (Phi) is 6.83. The van der Waals surface area contributed by atoms with E-state index < -0.39 is 10.0 Å². The number of anilines is 1. The van der Waals surface area contributed by atoms with Crippen LogP contribution in [0.4, 0.5) is 5.69 Å². The van der Waals surface area contributed by atoms with Gasteiger partial charge in [-0.2, -0.15) is 9.40 Å². The van der Waals surface area contributed by atoms with Crippen molar-refractivity contribution in [3.63, 3.8) is 0 Å². The number of para-hydroxylation sites is 1. The first-order valence-corrected chi connectivity index (χ1v) is 12.6. The van der Waals surface area contributed by atoms with Crippen molar-refractivity contribution in [2.24, 2.45) is 5.92 Å². The smallest absolute Gasteiger partial charge is 0.243 e. The minimum absolute atomic E-state index is 0.169. The number of carbonyl (C=O) groups is 1. The van der Waals surface area contributed by atoms with E-state index in [-0.39, 0.29) is 29.8 Å². The standard InChI is InChI=1S/C23H26ClN5O3S/c1-16(2)17-6-8-19(9-7-17)33(31,32)28-12-10-18(11-13-28)23(30)27-21-5-3-4-20(24)22(21)29-15-25-14-26-29/h3-9,14-16,18H,10-13H2,1-2H3,(H,27,30). The Morgan fingerprint density at radius 3 is 2.42 bits per heavy atom. The van der Waals surface area contributed by atoms with Crippen molar-refractivity contribution in [1.29, 1.82) is 0 Å². The predicted octanol–water partition coefficient (Wildman–Crippen LogP) is 4.08. The summed E-state index contributed by atoms with van der Waals surface area (Å²) in [5, 5.41) is 7.47. The van der Waals surface area contributed by atoms with Gasteiger partial charge in [0.05, 0.1) is 15.6 Å².